The molecule has 62 heavy (non-hydrogen) atoms. The molecule has 0 bridgehead atoms. The smallest absolute Gasteiger partial charge is 0.183 e. The maximum atomic E-state index is 6.77. The van der Waals surface area contributed by atoms with Crippen molar-refractivity contribution in [3.63, 3.8) is 0 Å². The van der Waals surface area contributed by atoms with Crippen molar-refractivity contribution in [1.82, 2.24) is 4.57 Å². The minimum absolute atomic E-state index is 0.912. The van der Waals surface area contributed by atoms with Crippen LogP contribution >= 0.6 is 11.8 Å². The van der Waals surface area contributed by atoms with Gasteiger partial charge < -0.3 is 8.98 Å². The van der Waals surface area contributed by atoms with Crippen molar-refractivity contribution in [3.8, 4) is 27.9 Å². The fourth-order valence-electron chi connectivity index (χ4n) is 10.5. The van der Waals surface area contributed by atoms with Crippen molar-refractivity contribution in [2.75, 3.05) is 0 Å². The lowest BCUT2D eigenvalue weighted by Gasteiger charge is -2.42. The van der Waals surface area contributed by atoms with Crippen LogP contribution in [0.25, 0.3) is 82.5 Å². The van der Waals surface area contributed by atoms with Crippen LogP contribution in [0.3, 0.4) is 0 Å². The lowest BCUT2D eigenvalue weighted by Crippen LogP contribution is -2.77. The molecule has 1 unspecified atom stereocenters. The zero-order valence-corrected chi connectivity index (χ0v) is 35.4. The maximum Gasteiger partial charge on any atom is 0.183 e. The van der Waals surface area contributed by atoms with Crippen LogP contribution in [0.1, 0.15) is 0 Å². The number of para-hydroxylation sites is 3. The summed E-state index contributed by atoms with van der Waals surface area (Å²) in [7, 11) is -3.24. The normalized spacial score (nSPS) is 14.8. The molecule has 0 aliphatic carbocycles. The second kappa shape index (κ2) is 13.8. The molecule has 0 N–H and O–H groups in total. The molecule has 1 aliphatic rings. The molecular formula is C58H37NOSSi. The summed E-state index contributed by atoms with van der Waals surface area (Å²) in [6.45, 7) is 0. The van der Waals surface area contributed by atoms with E-state index in [0.29, 0.717) is 0 Å². The number of hydrogen-bond donors (Lipinski definition) is 0. The van der Waals surface area contributed by atoms with Gasteiger partial charge in [-0.2, -0.15) is 0 Å². The Hall–Kier alpha value is -7.37. The number of rotatable bonds is 5. The van der Waals surface area contributed by atoms with Gasteiger partial charge in [0, 0.05) is 36.7 Å². The summed E-state index contributed by atoms with van der Waals surface area (Å²) in [5.41, 5.74) is 10.3. The van der Waals surface area contributed by atoms with Crippen LogP contribution in [0.5, 0.6) is 0 Å². The van der Waals surface area contributed by atoms with Gasteiger partial charge in [-0.1, -0.05) is 188 Å². The summed E-state index contributed by atoms with van der Waals surface area (Å²) in [6.07, 6.45) is 0. The number of furan rings is 1. The van der Waals surface area contributed by atoms with Crippen molar-refractivity contribution in [3.05, 3.63) is 224 Å². The largest absolute Gasteiger partial charge is 0.456 e. The summed E-state index contributed by atoms with van der Waals surface area (Å²) in [6, 6.07) is 83.4. The number of nitrogens with zero attached hydrogens (tertiary/aromatic N) is 1. The Balaban J connectivity index is 1.18. The van der Waals surface area contributed by atoms with E-state index in [1.165, 1.54) is 91.1 Å². The third-order valence-corrected chi connectivity index (χ3v) is 19.6. The monoisotopic (exact) mass is 823 g/mol. The third-order valence-electron chi connectivity index (χ3n) is 13.1. The van der Waals surface area contributed by atoms with Gasteiger partial charge >= 0.3 is 0 Å². The van der Waals surface area contributed by atoms with E-state index >= 15 is 0 Å². The Bertz CT molecular complexity index is 3700. The minimum atomic E-state index is -3.24. The van der Waals surface area contributed by atoms with Crippen LogP contribution in [0.15, 0.2) is 239 Å². The summed E-state index contributed by atoms with van der Waals surface area (Å²) in [5.74, 6) is 0. The van der Waals surface area contributed by atoms with E-state index < -0.39 is 8.07 Å². The molecule has 2 nitrogen and oxygen atoms in total. The van der Waals surface area contributed by atoms with Crippen LogP contribution in [-0.4, -0.2) is 12.6 Å². The first-order valence-corrected chi connectivity index (χ1v) is 24.1. The Morgan fingerprint density at radius 1 is 0.371 bits per heavy atom. The fraction of sp³-hybridized carbons (Fsp3) is 0. The molecule has 4 heteroatoms. The molecule has 0 saturated heterocycles. The van der Waals surface area contributed by atoms with Gasteiger partial charge in [0.1, 0.15) is 11.2 Å². The lowest BCUT2D eigenvalue weighted by atomic mass is 9.99. The van der Waals surface area contributed by atoms with Crippen LogP contribution < -0.4 is 20.7 Å². The number of benzene rings is 10. The number of aromatic nitrogens is 1. The highest BCUT2D eigenvalue weighted by Gasteiger charge is 2.49. The van der Waals surface area contributed by atoms with E-state index in [9.17, 15) is 0 Å². The van der Waals surface area contributed by atoms with Gasteiger partial charge in [0.05, 0.1) is 16.7 Å². The van der Waals surface area contributed by atoms with Gasteiger partial charge in [0.15, 0.2) is 8.07 Å². The first-order valence-electron chi connectivity index (χ1n) is 21.2. The second-order valence-electron chi connectivity index (χ2n) is 16.3. The molecule has 290 valence electrons. The number of hydrogen-bond acceptors (Lipinski definition) is 2. The highest BCUT2D eigenvalue weighted by Crippen LogP contribution is 2.40. The molecule has 1 aliphatic heterocycles. The average molecular weight is 824 g/mol. The Labute approximate surface area is 364 Å². The number of fused-ring (bicyclic) bond motifs is 9. The summed E-state index contributed by atoms with van der Waals surface area (Å²) >= 11 is 1.91. The third kappa shape index (κ3) is 5.11. The summed E-state index contributed by atoms with van der Waals surface area (Å²) < 4.78 is 9.25. The molecule has 2 aromatic heterocycles. The average Bonchev–Trinajstić information content (AvgIpc) is 3.88. The second-order valence-corrected chi connectivity index (χ2v) is 21.1. The van der Waals surface area contributed by atoms with Gasteiger partial charge in [0.2, 0.25) is 0 Å². The highest BCUT2D eigenvalue weighted by atomic mass is 32.2. The Morgan fingerprint density at radius 3 is 1.81 bits per heavy atom. The molecule has 0 fully saturated rings. The molecule has 13 rings (SSSR count). The van der Waals surface area contributed by atoms with Gasteiger partial charge in [-0.3, -0.25) is 0 Å². The van der Waals surface area contributed by atoms with Crippen molar-refractivity contribution in [2.45, 2.75) is 9.79 Å². The predicted octanol–water partition coefficient (Wildman–Crippen LogP) is 13.0. The van der Waals surface area contributed by atoms with Gasteiger partial charge in [-0.15, -0.1) is 0 Å². The van der Waals surface area contributed by atoms with Gasteiger partial charge in [-0.25, -0.2) is 0 Å². The van der Waals surface area contributed by atoms with Crippen LogP contribution in [0.2, 0.25) is 0 Å². The highest BCUT2D eigenvalue weighted by molar-refractivity contribution is 8.00. The van der Waals surface area contributed by atoms with Crippen molar-refractivity contribution in [2.24, 2.45) is 0 Å². The quantitative estimate of drug-likeness (QED) is 0.161. The first-order chi connectivity index (χ1) is 30.8. The van der Waals surface area contributed by atoms with E-state index in [2.05, 4.69) is 229 Å². The molecular weight excluding hydrogens is 787 g/mol. The molecule has 0 radical (unpaired) electrons. The van der Waals surface area contributed by atoms with Crippen LogP contribution in [-0.2, 0) is 0 Å². The lowest BCUT2D eigenvalue weighted by molar-refractivity contribution is 0.669. The van der Waals surface area contributed by atoms with E-state index in [-0.39, 0.29) is 0 Å². The molecule has 12 aromatic rings. The summed E-state index contributed by atoms with van der Waals surface area (Å²) in [5, 5.41) is 12.8. The molecule has 1 atom stereocenters. The van der Waals surface area contributed by atoms with Crippen molar-refractivity contribution < 1.29 is 4.42 Å². The predicted molar refractivity (Wildman–Crippen MR) is 264 cm³/mol. The zero-order chi connectivity index (χ0) is 40.8. The molecule has 0 amide bonds. The fourth-order valence-corrected chi connectivity index (χ4v) is 17.9. The maximum absolute atomic E-state index is 6.77. The molecule has 3 heterocycles. The van der Waals surface area contributed by atoms with Crippen LogP contribution in [0.4, 0.5) is 0 Å². The van der Waals surface area contributed by atoms with E-state index in [1.54, 1.807) is 0 Å². The van der Waals surface area contributed by atoms with Crippen molar-refractivity contribution >= 4 is 95.1 Å². The SMILES string of the molecule is c1ccc(-c2cccc(-c3cccc4c3[Si](c3ccc5c(c3)oc3ccccc35)(c3ccc(-n5c6ccccc6c6ccccc65)c5ccccc35)c3ccccc3S4)c2)cc1. The Morgan fingerprint density at radius 2 is 0.984 bits per heavy atom. The summed E-state index contributed by atoms with van der Waals surface area (Å²) in [4.78, 5) is 2.61. The van der Waals surface area contributed by atoms with Crippen molar-refractivity contribution in [1.29, 1.82) is 0 Å². The van der Waals surface area contributed by atoms with E-state index in [1.807, 2.05) is 11.8 Å². The van der Waals surface area contributed by atoms with E-state index in [0.717, 1.165) is 21.9 Å². The molecule has 0 spiro atoms. The minimum Gasteiger partial charge on any atom is -0.456 e. The zero-order valence-electron chi connectivity index (χ0n) is 33.6. The van der Waals surface area contributed by atoms with Crippen LogP contribution in [0, 0.1) is 0 Å². The standard InChI is InChI=1S/C58H37NOSSi/c1-2-16-38(17-3-1)39-18-14-19-40(36-39)42-25-15-30-55-58(42)62(57-31-13-12-29-54(57)61-55,41-32-33-47-46-23-8-11-28-52(46)60-53(47)37-41)56-35-34-51(45-22-4-5-24-48(45)56)59-49-26-9-6-20-43(49)44-21-7-10-27-50(44)59/h1-37H. The molecule has 10 aromatic carbocycles. The topological polar surface area (TPSA) is 18.1 Å². The van der Waals surface area contributed by atoms with E-state index in [4.69, 9.17) is 4.42 Å². The molecule has 0 saturated carbocycles. The van der Waals surface area contributed by atoms with Gasteiger partial charge in [0.25, 0.3) is 0 Å². The Kier molecular flexibility index (Phi) is 7.89. The van der Waals surface area contributed by atoms with Gasteiger partial charge in [-0.05, 0) is 96.9 Å². The first kappa shape index (κ1) is 35.4.